The van der Waals surface area contributed by atoms with E-state index in [2.05, 4.69) is 15.9 Å². The zero-order valence-corrected chi connectivity index (χ0v) is 16.3. The van der Waals surface area contributed by atoms with Gasteiger partial charge in [0.05, 0.1) is 32.5 Å². The van der Waals surface area contributed by atoms with Crippen LogP contribution in [0.2, 0.25) is 0 Å². The SMILES string of the molecule is COC(=O)c1ccc2c(c1)CCN2C(=O)c1c(Br)ccc(OC)c1OC. The molecule has 1 aliphatic rings. The number of fused-ring (bicyclic) bond motifs is 1. The highest BCUT2D eigenvalue weighted by atomic mass is 79.9. The maximum atomic E-state index is 13.2. The van der Waals surface area contributed by atoms with Crippen LogP contribution in [0.4, 0.5) is 5.69 Å². The number of halogens is 1. The van der Waals surface area contributed by atoms with Gasteiger partial charge >= 0.3 is 5.97 Å². The number of rotatable bonds is 4. The van der Waals surface area contributed by atoms with Crippen LogP contribution in [-0.4, -0.2) is 39.8 Å². The maximum Gasteiger partial charge on any atom is 0.337 e. The zero-order valence-electron chi connectivity index (χ0n) is 14.7. The molecule has 0 spiro atoms. The minimum absolute atomic E-state index is 0.197. The third kappa shape index (κ3) is 3.03. The van der Waals surface area contributed by atoms with Crippen LogP contribution in [0.25, 0.3) is 0 Å². The van der Waals surface area contributed by atoms with Crippen molar-refractivity contribution < 1.29 is 23.8 Å². The van der Waals surface area contributed by atoms with E-state index in [-0.39, 0.29) is 5.91 Å². The van der Waals surface area contributed by atoms with Crippen molar-refractivity contribution in [3.05, 3.63) is 51.5 Å². The third-order valence-corrected chi connectivity index (χ3v) is 5.01. The summed E-state index contributed by atoms with van der Waals surface area (Å²) in [5, 5.41) is 0. The van der Waals surface area contributed by atoms with Crippen LogP contribution in [0.1, 0.15) is 26.3 Å². The molecular formula is C19H18BrNO5. The number of methoxy groups -OCH3 is 3. The predicted molar refractivity (Wildman–Crippen MR) is 100 cm³/mol. The average molecular weight is 420 g/mol. The number of hydrogen-bond acceptors (Lipinski definition) is 5. The summed E-state index contributed by atoms with van der Waals surface area (Å²) in [5.41, 5.74) is 2.58. The van der Waals surface area contributed by atoms with Crippen LogP contribution in [0.5, 0.6) is 11.5 Å². The molecule has 0 fully saturated rings. The standard InChI is InChI=1S/C19H18BrNO5/c1-24-15-7-5-13(20)16(17(15)25-2)18(22)21-9-8-11-10-12(19(23)26-3)4-6-14(11)21/h4-7,10H,8-9H2,1-3H3. The number of carbonyl (C=O) groups excluding carboxylic acids is 2. The van der Waals surface area contributed by atoms with E-state index in [4.69, 9.17) is 14.2 Å². The van der Waals surface area contributed by atoms with Gasteiger partial charge in [-0.1, -0.05) is 0 Å². The van der Waals surface area contributed by atoms with Gasteiger partial charge < -0.3 is 19.1 Å². The number of anilines is 1. The molecule has 0 bridgehead atoms. The molecule has 1 heterocycles. The second-order valence-corrected chi connectivity index (χ2v) is 6.55. The number of ether oxygens (including phenoxy) is 3. The minimum Gasteiger partial charge on any atom is -0.493 e. The Morgan fingerprint density at radius 1 is 1.08 bits per heavy atom. The van der Waals surface area contributed by atoms with Crippen molar-refractivity contribution in [1.82, 2.24) is 0 Å². The van der Waals surface area contributed by atoms with E-state index in [1.54, 1.807) is 35.2 Å². The lowest BCUT2D eigenvalue weighted by atomic mass is 10.1. The van der Waals surface area contributed by atoms with Gasteiger partial charge in [0.25, 0.3) is 5.91 Å². The van der Waals surface area contributed by atoms with Gasteiger partial charge in [0.15, 0.2) is 11.5 Å². The lowest BCUT2D eigenvalue weighted by Crippen LogP contribution is -2.29. The number of esters is 1. The zero-order chi connectivity index (χ0) is 18.8. The van der Waals surface area contributed by atoms with Crippen LogP contribution in [0.3, 0.4) is 0 Å². The molecule has 0 aliphatic carbocycles. The molecule has 1 amide bonds. The van der Waals surface area contributed by atoms with Crippen molar-refractivity contribution in [3.63, 3.8) is 0 Å². The first-order chi connectivity index (χ1) is 12.5. The Morgan fingerprint density at radius 2 is 1.85 bits per heavy atom. The molecule has 0 saturated heterocycles. The van der Waals surface area contributed by atoms with E-state index < -0.39 is 5.97 Å². The Hall–Kier alpha value is -2.54. The molecule has 2 aromatic rings. The second kappa shape index (κ2) is 7.37. The number of nitrogens with zero attached hydrogens (tertiary/aromatic N) is 1. The molecule has 0 radical (unpaired) electrons. The molecule has 6 nitrogen and oxygen atoms in total. The number of carbonyl (C=O) groups is 2. The summed E-state index contributed by atoms with van der Waals surface area (Å²) in [6, 6.07) is 8.69. The van der Waals surface area contributed by atoms with E-state index in [0.29, 0.717) is 40.1 Å². The summed E-state index contributed by atoms with van der Waals surface area (Å²) >= 11 is 3.43. The predicted octanol–water partition coefficient (Wildman–Crippen LogP) is 3.46. The summed E-state index contributed by atoms with van der Waals surface area (Å²) in [4.78, 5) is 26.6. The Balaban J connectivity index is 2.01. The number of benzene rings is 2. The topological polar surface area (TPSA) is 65.1 Å². The number of amides is 1. The fourth-order valence-electron chi connectivity index (χ4n) is 3.09. The Bertz CT molecular complexity index is 880. The Kier molecular flexibility index (Phi) is 5.18. The molecule has 1 aliphatic heterocycles. The molecule has 3 rings (SSSR count). The van der Waals surface area contributed by atoms with Crippen molar-refractivity contribution in [2.24, 2.45) is 0 Å². The highest BCUT2D eigenvalue weighted by molar-refractivity contribution is 9.10. The van der Waals surface area contributed by atoms with Crippen molar-refractivity contribution in [2.45, 2.75) is 6.42 Å². The van der Waals surface area contributed by atoms with Gasteiger partial charge in [-0.2, -0.15) is 0 Å². The molecule has 0 atom stereocenters. The summed E-state index contributed by atoms with van der Waals surface area (Å²) in [6.45, 7) is 0.519. The molecule has 0 saturated carbocycles. The monoisotopic (exact) mass is 419 g/mol. The van der Waals surface area contributed by atoms with Crippen LogP contribution in [0, 0.1) is 0 Å². The third-order valence-electron chi connectivity index (χ3n) is 4.35. The van der Waals surface area contributed by atoms with Gasteiger partial charge in [0, 0.05) is 16.7 Å². The Morgan fingerprint density at radius 3 is 2.50 bits per heavy atom. The fraction of sp³-hybridized carbons (Fsp3) is 0.263. The van der Waals surface area contributed by atoms with Gasteiger partial charge in [-0.25, -0.2) is 4.79 Å². The normalized spacial score (nSPS) is 12.5. The van der Waals surface area contributed by atoms with E-state index in [1.807, 2.05) is 0 Å². The van der Waals surface area contributed by atoms with Gasteiger partial charge in [0.1, 0.15) is 0 Å². The summed E-state index contributed by atoms with van der Waals surface area (Å²) < 4.78 is 16.1. The van der Waals surface area contributed by atoms with E-state index in [1.165, 1.54) is 21.3 Å². The highest BCUT2D eigenvalue weighted by Gasteiger charge is 2.30. The highest BCUT2D eigenvalue weighted by Crippen LogP contribution is 2.39. The van der Waals surface area contributed by atoms with Crippen LogP contribution >= 0.6 is 15.9 Å². The number of hydrogen-bond donors (Lipinski definition) is 0. The van der Waals surface area contributed by atoms with Crippen molar-refractivity contribution in [1.29, 1.82) is 0 Å². The molecule has 136 valence electrons. The van der Waals surface area contributed by atoms with Gasteiger partial charge in [-0.15, -0.1) is 0 Å². The first kappa shape index (κ1) is 18.3. The minimum atomic E-state index is -0.394. The van der Waals surface area contributed by atoms with Gasteiger partial charge in [-0.05, 0) is 58.2 Å². The van der Waals surface area contributed by atoms with Crippen LogP contribution < -0.4 is 14.4 Å². The molecule has 0 N–H and O–H groups in total. The maximum absolute atomic E-state index is 13.2. The lowest BCUT2D eigenvalue weighted by molar-refractivity contribution is 0.0600. The van der Waals surface area contributed by atoms with Gasteiger partial charge in [0.2, 0.25) is 0 Å². The first-order valence-electron chi connectivity index (χ1n) is 7.95. The molecule has 26 heavy (non-hydrogen) atoms. The first-order valence-corrected chi connectivity index (χ1v) is 8.74. The molecule has 2 aromatic carbocycles. The quantitative estimate of drug-likeness (QED) is 0.709. The van der Waals surface area contributed by atoms with Crippen molar-refractivity contribution in [3.8, 4) is 11.5 Å². The summed E-state index contributed by atoms with van der Waals surface area (Å²) in [7, 11) is 4.37. The largest absolute Gasteiger partial charge is 0.493 e. The van der Waals surface area contributed by atoms with E-state index in [9.17, 15) is 9.59 Å². The Labute approximate surface area is 159 Å². The average Bonchev–Trinajstić information content (AvgIpc) is 3.09. The van der Waals surface area contributed by atoms with Gasteiger partial charge in [-0.3, -0.25) is 4.79 Å². The van der Waals surface area contributed by atoms with Crippen molar-refractivity contribution in [2.75, 3.05) is 32.8 Å². The molecular weight excluding hydrogens is 402 g/mol. The van der Waals surface area contributed by atoms with Crippen molar-refractivity contribution >= 4 is 33.5 Å². The molecule has 0 unspecified atom stereocenters. The molecule has 7 heteroatoms. The second-order valence-electron chi connectivity index (χ2n) is 5.70. The van der Waals surface area contributed by atoms with E-state index in [0.717, 1.165) is 11.3 Å². The fourth-order valence-corrected chi connectivity index (χ4v) is 3.58. The van der Waals surface area contributed by atoms with E-state index >= 15 is 0 Å². The smallest absolute Gasteiger partial charge is 0.337 e. The van der Waals surface area contributed by atoms with Crippen LogP contribution in [-0.2, 0) is 11.2 Å². The molecule has 0 aromatic heterocycles. The lowest BCUT2D eigenvalue weighted by Gasteiger charge is -2.21. The summed E-state index contributed by atoms with van der Waals surface area (Å²) in [5.74, 6) is 0.276. The van der Waals surface area contributed by atoms with Crippen LogP contribution in [0.15, 0.2) is 34.8 Å². The summed E-state index contributed by atoms with van der Waals surface area (Å²) in [6.07, 6.45) is 0.663.